The second-order valence-corrected chi connectivity index (χ2v) is 7.21. The molecule has 2 unspecified atom stereocenters. The van der Waals surface area contributed by atoms with Crippen LogP contribution in [0.4, 0.5) is 0 Å². The van der Waals surface area contributed by atoms with Crippen molar-refractivity contribution in [2.24, 2.45) is 0 Å². The van der Waals surface area contributed by atoms with E-state index in [0.29, 0.717) is 18.5 Å². The van der Waals surface area contributed by atoms with E-state index in [1.54, 1.807) is 0 Å². The highest BCUT2D eigenvalue weighted by Crippen LogP contribution is 2.23. The number of nitrogens with zero attached hydrogens (tertiary/aromatic N) is 2. The molecule has 1 aromatic carbocycles. The summed E-state index contributed by atoms with van der Waals surface area (Å²) in [6, 6.07) is 8.53. The molecule has 24 heavy (non-hydrogen) atoms. The molecule has 0 bridgehead atoms. The van der Waals surface area contributed by atoms with Crippen LogP contribution < -0.4 is 5.32 Å². The van der Waals surface area contributed by atoms with Crippen LogP contribution in [0.5, 0.6) is 0 Å². The van der Waals surface area contributed by atoms with Gasteiger partial charge in [-0.05, 0) is 43.0 Å². The molecule has 0 saturated carbocycles. The van der Waals surface area contributed by atoms with Crippen LogP contribution in [0, 0.1) is 0 Å². The van der Waals surface area contributed by atoms with Crippen molar-refractivity contribution in [3.63, 3.8) is 0 Å². The van der Waals surface area contributed by atoms with Crippen molar-refractivity contribution in [2.75, 3.05) is 39.3 Å². The highest BCUT2D eigenvalue weighted by atomic mass is 35.5. The molecule has 2 saturated heterocycles. The number of piperazine rings is 1. The maximum Gasteiger partial charge on any atom is 0.236 e. The van der Waals surface area contributed by atoms with Crippen molar-refractivity contribution in [3.8, 4) is 0 Å². The number of halogens is 2. The third kappa shape index (κ3) is 4.85. The molecule has 2 aliphatic heterocycles. The summed E-state index contributed by atoms with van der Waals surface area (Å²) >= 11 is 6.11. The number of rotatable bonds is 4. The van der Waals surface area contributed by atoms with E-state index in [-0.39, 0.29) is 18.3 Å². The number of amides is 1. The Hall–Kier alpha value is -0.810. The molecule has 0 aromatic heterocycles. The molecule has 134 valence electrons. The summed E-state index contributed by atoms with van der Waals surface area (Å²) in [7, 11) is 0. The van der Waals surface area contributed by atoms with Gasteiger partial charge in [-0.25, -0.2) is 0 Å². The minimum absolute atomic E-state index is 0. The highest BCUT2D eigenvalue weighted by molar-refractivity contribution is 6.30. The van der Waals surface area contributed by atoms with Gasteiger partial charge in [0.05, 0.1) is 6.54 Å². The topological polar surface area (TPSA) is 35.6 Å². The molecule has 1 N–H and O–H groups in total. The third-order valence-electron chi connectivity index (χ3n) is 5.00. The summed E-state index contributed by atoms with van der Waals surface area (Å²) in [5.74, 6) is 0.706. The van der Waals surface area contributed by atoms with Crippen LogP contribution in [0.25, 0.3) is 0 Å². The van der Waals surface area contributed by atoms with E-state index in [1.165, 1.54) is 12.0 Å². The molecule has 6 heteroatoms. The Bertz CT molecular complexity index is 555. The zero-order valence-corrected chi connectivity index (χ0v) is 15.8. The van der Waals surface area contributed by atoms with E-state index in [2.05, 4.69) is 34.2 Å². The molecule has 1 amide bonds. The second kappa shape index (κ2) is 9.04. The molecule has 3 rings (SSSR count). The smallest absolute Gasteiger partial charge is 0.236 e. The van der Waals surface area contributed by atoms with Crippen molar-refractivity contribution < 1.29 is 4.79 Å². The molecule has 2 heterocycles. The van der Waals surface area contributed by atoms with Crippen molar-refractivity contribution in [2.45, 2.75) is 31.7 Å². The summed E-state index contributed by atoms with van der Waals surface area (Å²) in [5, 5.41) is 3.96. The van der Waals surface area contributed by atoms with Gasteiger partial charge in [-0.3, -0.25) is 4.79 Å². The fraction of sp³-hybridized carbons (Fsp3) is 0.611. The monoisotopic (exact) mass is 371 g/mol. The predicted molar refractivity (Wildman–Crippen MR) is 101 cm³/mol. The molecule has 2 aliphatic rings. The number of piperidine rings is 1. The number of benzene rings is 1. The van der Waals surface area contributed by atoms with Crippen LogP contribution in [0.1, 0.15) is 31.2 Å². The van der Waals surface area contributed by atoms with E-state index >= 15 is 0 Å². The predicted octanol–water partition coefficient (Wildman–Crippen LogP) is 2.76. The van der Waals surface area contributed by atoms with E-state index in [9.17, 15) is 4.79 Å². The molecule has 2 atom stereocenters. The number of carbonyl (C=O) groups excluding carboxylic acids is 1. The van der Waals surface area contributed by atoms with Gasteiger partial charge in [-0.1, -0.05) is 30.7 Å². The number of likely N-dealkylation sites (tertiary alicyclic amines) is 1. The Labute approximate surface area is 155 Å². The van der Waals surface area contributed by atoms with Gasteiger partial charge in [0.25, 0.3) is 0 Å². The lowest BCUT2D eigenvalue weighted by Crippen LogP contribution is -2.57. The van der Waals surface area contributed by atoms with Gasteiger partial charge in [-0.2, -0.15) is 0 Å². The minimum atomic E-state index is 0. The molecule has 0 spiro atoms. The average Bonchev–Trinajstić information content (AvgIpc) is 2.55. The third-order valence-corrected chi connectivity index (χ3v) is 5.23. The number of carbonyl (C=O) groups is 1. The molecule has 0 radical (unpaired) electrons. The van der Waals surface area contributed by atoms with Gasteiger partial charge in [0, 0.05) is 37.2 Å². The Morgan fingerprint density at radius 1 is 1.38 bits per heavy atom. The first-order valence-corrected chi connectivity index (χ1v) is 8.99. The van der Waals surface area contributed by atoms with Gasteiger partial charge < -0.3 is 15.1 Å². The standard InChI is InChI=1S/C18H26ClN3O.ClH/c1-14(15-4-2-5-16(19)10-15)12-21-8-3-6-17(13-21)22-9-7-20-11-18(22)23;/h2,4-5,10,14,17,20H,3,6-9,11-13H2,1H3;1H. The van der Waals surface area contributed by atoms with Gasteiger partial charge in [0.15, 0.2) is 0 Å². The van der Waals surface area contributed by atoms with E-state index in [0.717, 1.165) is 44.2 Å². The van der Waals surface area contributed by atoms with Crippen LogP contribution in [-0.2, 0) is 4.79 Å². The molecule has 4 nitrogen and oxygen atoms in total. The zero-order chi connectivity index (χ0) is 16.2. The van der Waals surface area contributed by atoms with Gasteiger partial charge in [0.2, 0.25) is 5.91 Å². The summed E-state index contributed by atoms with van der Waals surface area (Å²) in [6.45, 7) is 7.67. The molecular weight excluding hydrogens is 345 g/mol. The first-order chi connectivity index (χ1) is 11.1. The summed E-state index contributed by atoms with van der Waals surface area (Å²) in [5.41, 5.74) is 1.29. The normalized spacial score (nSPS) is 23.7. The van der Waals surface area contributed by atoms with Crippen LogP contribution in [0.2, 0.25) is 5.02 Å². The first kappa shape index (κ1) is 19.5. The zero-order valence-electron chi connectivity index (χ0n) is 14.2. The maximum absolute atomic E-state index is 12.1. The Kier molecular flexibility index (Phi) is 7.35. The largest absolute Gasteiger partial charge is 0.336 e. The molecule has 2 fully saturated rings. The van der Waals surface area contributed by atoms with Crippen LogP contribution >= 0.6 is 24.0 Å². The van der Waals surface area contributed by atoms with Crippen LogP contribution in [0.15, 0.2) is 24.3 Å². The van der Waals surface area contributed by atoms with Crippen LogP contribution in [-0.4, -0.2) is 61.0 Å². The van der Waals surface area contributed by atoms with E-state index < -0.39 is 0 Å². The van der Waals surface area contributed by atoms with Crippen molar-refractivity contribution in [3.05, 3.63) is 34.9 Å². The van der Waals surface area contributed by atoms with Crippen LogP contribution in [0.3, 0.4) is 0 Å². The number of nitrogens with one attached hydrogen (secondary N) is 1. The fourth-order valence-electron chi connectivity index (χ4n) is 3.76. The Balaban J connectivity index is 0.00000208. The highest BCUT2D eigenvalue weighted by Gasteiger charge is 2.30. The maximum atomic E-state index is 12.1. The van der Waals surface area contributed by atoms with Crippen molar-refractivity contribution in [1.82, 2.24) is 15.1 Å². The van der Waals surface area contributed by atoms with Gasteiger partial charge >= 0.3 is 0 Å². The quantitative estimate of drug-likeness (QED) is 0.883. The average molecular weight is 372 g/mol. The van der Waals surface area contributed by atoms with E-state index in [4.69, 9.17) is 11.6 Å². The van der Waals surface area contributed by atoms with Crippen molar-refractivity contribution >= 4 is 29.9 Å². The number of hydrogen-bond acceptors (Lipinski definition) is 3. The lowest BCUT2D eigenvalue weighted by atomic mass is 9.97. The van der Waals surface area contributed by atoms with E-state index in [1.807, 2.05) is 12.1 Å². The van der Waals surface area contributed by atoms with Gasteiger partial charge in [-0.15, -0.1) is 12.4 Å². The SMILES string of the molecule is CC(CN1CCCC(N2CCNCC2=O)C1)c1cccc(Cl)c1.Cl. The minimum Gasteiger partial charge on any atom is -0.336 e. The summed E-state index contributed by atoms with van der Waals surface area (Å²) in [4.78, 5) is 16.7. The number of hydrogen-bond donors (Lipinski definition) is 1. The summed E-state index contributed by atoms with van der Waals surface area (Å²) in [6.07, 6.45) is 2.30. The molecule has 0 aliphatic carbocycles. The fourth-order valence-corrected chi connectivity index (χ4v) is 3.96. The Morgan fingerprint density at radius 2 is 2.21 bits per heavy atom. The van der Waals surface area contributed by atoms with Crippen molar-refractivity contribution in [1.29, 1.82) is 0 Å². The molecular formula is C18H27Cl2N3O. The molecule has 1 aromatic rings. The lowest BCUT2D eigenvalue weighted by molar-refractivity contribution is -0.135. The lowest BCUT2D eigenvalue weighted by Gasteiger charge is -2.41. The van der Waals surface area contributed by atoms with Gasteiger partial charge in [0.1, 0.15) is 0 Å². The summed E-state index contributed by atoms with van der Waals surface area (Å²) < 4.78 is 0. The Morgan fingerprint density at radius 3 is 2.96 bits per heavy atom. The first-order valence-electron chi connectivity index (χ1n) is 8.61. The second-order valence-electron chi connectivity index (χ2n) is 6.78.